The lowest BCUT2D eigenvalue weighted by Gasteiger charge is -2.25. The average molecular weight is 386 g/mol. The highest BCUT2D eigenvalue weighted by Gasteiger charge is 2.28. The molecule has 146 valence electrons. The second-order valence-electron chi connectivity index (χ2n) is 6.51. The number of allylic oxidation sites excluding steroid dienone is 1. The van der Waals surface area contributed by atoms with Gasteiger partial charge in [-0.3, -0.25) is 15.1 Å². The fraction of sp³-hybridized carbons (Fsp3) is 0.350. The third-order valence-electron chi connectivity index (χ3n) is 4.70. The number of pyridine rings is 1. The summed E-state index contributed by atoms with van der Waals surface area (Å²) in [5, 5.41) is 11.6. The first-order chi connectivity index (χ1) is 13.6. The molecule has 1 aromatic heterocycles. The van der Waals surface area contributed by atoms with Crippen LogP contribution in [0.25, 0.3) is 10.9 Å². The fourth-order valence-corrected chi connectivity index (χ4v) is 3.49. The SMILES string of the molecule is CCOc1cc2nccc(OC3C=CC([N+](=O)[O-])=CC3F)c2c2c1OCCC2. The number of nitro groups is 1. The summed E-state index contributed by atoms with van der Waals surface area (Å²) in [6.07, 6.45) is 4.20. The van der Waals surface area contributed by atoms with E-state index < -0.39 is 17.2 Å². The molecule has 0 saturated heterocycles. The van der Waals surface area contributed by atoms with E-state index in [0.717, 1.165) is 29.9 Å². The van der Waals surface area contributed by atoms with Crippen LogP contribution in [0.3, 0.4) is 0 Å². The van der Waals surface area contributed by atoms with Crippen molar-refractivity contribution in [2.45, 2.75) is 32.0 Å². The lowest BCUT2D eigenvalue weighted by molar-refractivity contribution is -0.419. The Morgan fingerprint density at radius 1 is 1.43 bits per heavy atom. The first-order valence-electron chi connectivity index (χ1n) is 9.13. The topological polar surface area (TPSA) is 83.7 Å². The minimum Gasteiger partial charge on any atom is -0.490 e. The Morgan fingerprint density at radius 2 is 2.29 bits per heavy atom. The van der Waals surface area contributed by atoms with Crippen LogP contribution in [0, 0.1) is 10.1 Å². The molecule has 1 aliphatic heterocycles. The number of aryl methyl sites for hydroxylation is 1. The maximum Gasteiger partial charge on any atom is 0.268 e. The number of alkyl halides is 1. The summed E-state index contributed by atoms with van der Waals surface area (Å²) >= 11 is 0. The molecular formula is C20H19FN2O5. The zero-order valence-electron chi connectivity index (χ0n) is 15.3. The Morgan fingerprint density at radius 3 is 3.04 bits per heavy atom. The van der Waals surface area contributed by atoms with Crippen molar-refractivity contribution in [3.63, 3.8) is 0 Å². The van der Waals surface area contributed by atoms with Gasteiger partial charge in [-0.25, -0.2) is 4.39 Å². The van der Waals surface area contributed by atoms with Gasteiger partial charge in [0.05, 0.1) is 23.7 Å². The maximum atomic E-state index is 14.4. The number of hydrogen-bond donors (Lipinski definition) is 0. The number of hydrogen-bond acceptors (Lipinski definition) is 6. The van der Waals surface area contributed by atoms with Crippen molar-refractivity contribution in [1.82, 2.24) is 4.98 Å². The molecule has 0 N–H and O–H groups in total. The van der Waals surface area contributed by atoms with Gasteiger partial charge in [-0.2, -0.15) is 0 Å². The Labute approximate surface area is 160 Å². The second-order valence-corrected chi connectivity index (χ2v) is 6.51. The first-order valence-corrected chi connectivity index (χ1v) is 9.13. The van der Waals surface area contributed by atoms with E-state index in [-0.39, 0.29) is 5.70 Å². The molecule has 0 bridgehead atoms. The molecule has 7 nitrogen and oxygen atoms in total. The summed E-state index contributed by atoms with van der Waals surface area (Å²) in [5.74, 6) is 1.77. The van der Waals surface area contributed by atoms with Gasteiger partial charge >= 0.3 is 0 Å². The van der Waals surface area contributed by atoms with E-state index in [1.54, 1.807) is 18.3 Å². The molecule has 2 unspecified atom stereocenters. The Kier molecular flexibility index (Phi) is 4.85. The molecule has 0 amide bonds. The summed E-state index contributed by atoms with van der Waals surface area (Å²) in [6, 6.07) is 3.47. The lowest BCUT2D eigenvalue weighted by atomic mass is 9.99. The van der Waals surface area contributed by atoms with Crippen molar-refractivity contribution in [2.75, 3.05) is 13.2 Å². The van der Waals surface area contributed by atoms with Crippen molar-refractivity contribution in [3.8, 4) is 17.2 Å². The fourth-order valence-electron chi connectivity index (χ4n) is 3.49. The van der Waals surface area contributed by atoms with E-state index in [4.69, 9.17) is 14.2 Å². The van der Waals surface area contributed by atoms with E-state index in [1.165, 1.54) is 12.2 Å². The number of fused-ring (bicyclic) bond motifs is 3. The summed E-state index contributed by atoms with van der Waals surface area (Å²) in [5.41, 5.74) is 1.31. The molecule has 2 heterocycles. The van der Waals surface area contributed by atoms with E-state index in [9.17, 15) is 14.5 Å². The average Bonchev–Trinajstić information content (AvgIpc) is 2.69. The van der Waals surface area contributed by atoms with Crippen molar-refractivity contribution in [2.24, 2.45) is 0 Å². The zero-order valence-corrected chi connectivity index (χ0v) is 15.3. The third kappa shape index (κ3) is 3.26. The van der Waals surface area contributed by atoms with Gasteiger partial charge in [0.15, 0.2) is 23.8 Å². The molecule has 2 atom stereocenters. The van der Waals surface area contributed by atoms with Crippen LogP contribution < -0.4 is 14.2 Å². The first kappa shape index (κ1) is 18.2. The van der Waals surface area contributed by atoms with E-state index >= 15 is 0 Å². The normalized spacial score (nSPS) is 20.9. The van der Waals surface area contributed by atoms with E-state index in [1.807, 2.05) is 6.92 Å². The molecule has 0 radical (unpaired) electrons. The highest BCUT2D eigenvalue weighted by atomic mass is 19.1. The minimum atomic E-state index is -1.62. The number of halogens is 1. The van der Waals surface area contributed by atoms with Crippen LogP contribution in [0.5, 0.6) is 17.2 Å². The molecule has 0 fully saturated rings. The highest BCUT2D eigenvalue weighted by molar-refractivity contribution is 5.92. The van der Waals surface area contributed by atoms with E-state index in [0.29, 0.717) is 36.0 Å². The molecule has 28 heavy (non-hydrogen) atoms. The Balaban J connectivity index is 1.75. The number of aromatic nitrogens is 1. The standard InChI is InChI=1S/C20H19FN2O5/c1-2-26-18-11-15-19(13-4-3-9-27-20(13)18)17(7-8-22-15)28-16-6-5-12(23(24)25)10-14(16)21/h5-8,10-11,14,16H,2-4,9H2,1H3. The largest absolute Gasteiger partial charge is 0.490 e. The maximum absolute atomic E-state index is 14.4. The molecule has 4 rings (SSSR count). The molecule has 0 spiro atoms. The summed E-state index contributed by atoms with van der Waals surface area (Å²) in [7, 11) is 0. The third-order valence-corrected chi connectivity index (χ3v) is 4.70. The summed E-state index contributed by atoms with van der Waals surface area (Å²) < 4.78 is 31.9. The van der Waals surface area contributed by atoms with Gasteiger partial charge in [-0.05, 0) is 31.9 Å². The predicted molar refractivity (Wildman–Crippen MR) is 100 cm³/mol. The molecule has 1 aliphatic carbocycles. The molecular weight excluding hydrogens is 367 g/mol. The molecule has 0 saturated carbocycles. The number of benzene rings is 1. The Bertz CT molecular complexity index is 988. The number of rotatable bonds is 5. The van der Waals surface area contributed by atoms with Crippen LogP contribution in [0.15, 0.2) is 42.3 Å². The van der Waals surface area contributed by atoms with Crippen LogP contribution in [0.1, 0.15) is 18.9 Å². The van der Waals surface area contributed by atoms with Gasteiger partial charge in [0, 0.05) is 35.4 Å². The van der Waals surface area contributed by atoms with Crippen molar-refractivity contribution in [1.29, 1.82) is 0 Å². The number of ether oxygens (including phenoxy) is 3. The molecule has 2 aromatic rings. The highest BCUT2D eigenvalue weighted by Crippen LogP contribution is 2.43. The zero-order chi connectivity index (χ0) is 19.7. The van der Waals surface area contributed by atoms with Gasteiger partial charge in [-0.15, -0.1) is 0 Å². The Hall–Kier alpha value is -3.16. The minimum absolute atomic E-state index is 0.279. The van der Waals surface area contributed by atoms with Crippen LogP contribution in [-0.4, -0.2) is 35.4 Å². The van der Waals surface area contributed by atoms with Crippen LogP contribution >= 0.6 is 0 Å². The summed E-state index contributed by atoms with van der Waals surface area (Å²) in [4.78, 5) is 14.6. The van der Waals surface area contributed by atoms with Gasteiger partial charge in [-0.1, -0.05) is 0 Å². The monoisotopic (exact) mass is 386 g/mol. The van der Waals surface area contributed by atoms with Crippen molar-refractivity contribution >= 4 is 10.9 Å². The lowest BCUT2D eigenvalue weighted by Crippen LogP contribution is -2.28. The van der Waals surface area contributed by atoms with Gasteiger partial charge in [0.25, 0.3) is 5.70 Å². The quantitative estimate of drug-likeness (QED) is 0.574. The van der Waals surface area contributed by atoms with Gasteiger partial charge < -0.3 is 14.2 Å². The number of nitrogens with zero attached hydrogens (tertiary/aromatic N) is 2. The van der Waals surface area contributed by atoms with Crippen LogP contribution in [-0.2, 0) is 6.42 Å². The van der Waals surface area contributed by atoms with Crippen molar-refractivity contribution in [3.05, 3.63) is 57.9 Å². The van der Waals surface area contributed by atoms with E-state index in [2.05, 4.69) is 4.98 Å². The molecule has 1 aromatic carbocycles. The second kappa shape index (κ2) is 7.46. The summed E-state index contributed by atoms with van der Waals surface area (Å²) in [6.45, 7) is 3.00. The molecule has 2 aliphatic rings. The smallest absolute Gasteiger partial charge is 0.268 e. The van der Waals surface area contributed by atoms with Crippen molar-refractivity contribution < 1.29 is 23.5 Å². The molecule has 8 heteroatoms. The van der Waals surface area contributed by atoms with Gasteiger partial charge in [0.1, 0.15) is 5.75 Å². The van der Waals surface area contributed by atoms with Crippen LogP contribution in [0.2, 0.25) is 0 Å². The predicted octanol–water partition coefficient (Wildman–Crippen LogP) is 3.77. The van der Waals surface area contributed by atoms with Crippen LogP contribution in [0.4, 0.5) is 4.39 Å². The van der Waals surface area contributed by atoms with Gasteiger partial charge in [0.2, 0.25) is 0 Å².